The van der Waals surface area contributed by atoms with Crippen LogP contribution in [0.25, 0.3) is 0 Å². The molecule has 0 saturated carbocycles. The molecule has 2 amide bonds. The van der Waals surface area contributed by atoms with E-state index in [1.165, 1.54) is 10.4 Å². The second-order valence-electron chi connectivity index (χ2n) is 6.95. The van der Waals surface area contributed by atoms with Crippen LogP contribution in [0.15, 0.2) is 6.07 Å². The molecule has 0 aromatic carbocycles. The first-order valence-corrected chi connectivity index (χ1v) is 11.0. The normalized spacial score (nSPS) is 22.8. The second kappa shape index (κ2) is 6.93. The van der Waals surface area contributed by atoms with Crippen LogP contribution in [0.5, 0.6) is 0 Å². The van der Waals surface area contributed by atoms with E-state index in [9.17, 15) is 9.59 Å². The van der Waals surface area contributed by atoms with Crippen molar-refractivity contribution in [3.05, 3.63) is 21.4 Å². The summed E-state index contributed by atoms with van der Waals surface area (Å²) in [4.78, 5) is 30.5. The van der Waals surface area contributed by atoms with Crippen LogP contribution < -0.4 is 0 Å². The Bertz CT molecular complexity index is 674. The van der Waals surface area contributed by atoms with E-state index in [1.54, 1.807) is 18.3 Å². The van der Waals surface area contributed by atoms with Crippen LogP contribution in [0.2, 0.25) is 0 Å². The Morgan fingerprint density at radius 2 is 1.84 bits per heavy atom. The van der Waals surface area contributed by atoms with Gasteiger partial charge in [-0.15, -0.1) is 11.3 Å². The number of thiophene rings is 1. The number of amides is 2. The molecule has 4 rings (SSSR count). The number of nitrogens with zero attached hydrogens (tertiary/aromatic N) is 2. The first-order chi connectivity index (χ1) is 12.1. The maximum absolute atomic E-state index is 12.9. The first-order valence-electron chi connectivity index (χ1n) is 8.99. The minimum absolute atomic E-state index is 0.134. The summed E-state index contributed by atoms with van der Waals surface area (Å²) in [5.41, 5.74) is 0.911. The van der Waals surface area contributed by atoms with E-state index < -0.39 is 0 Å². The summed E-state index contributed by atoms with van der Waals surface area (Å²) >= 11 is 3.57. The molecule has 0 radical (unpaired) electrons. The van der Waals surface area contributed by atoms with Gasteiger partial charge in [-0.25, -0.2) is 0 Å². The summed E-state index contributed by atoms with van der Waals surface area (Å²) in [5.74, 6) is 2.38. The number of carbonyl (C=O) groups is 2. The Morgan fingerprint density at radius 3 is 2.52 bits per heavy atom. The fourth-order valence-electron chi connectivity index (χ4n) is 4.04. The van der Waals surface area contributed by atoms with Crippen LogP contribution in [0, 0.1) is 0 Å². The van der Waals surface area contributed by atoms with Gasteiger partial charge in [0.15, 0.2) is 0 Å². The zero-order valence-electron chi connectivity index (χ0n) is 14.6. The molecule has 136 valence electrons. The number of rotatable bonds is 1. The van der Waals surface area contributed by atoms with Gasteiger partial charge in [0.25, 0.3) is 5.91 Å². The quantitative estimate of drug-likeness (QED) is 0.750. The maximum atomic E-state index is 12.9. The van der Waals surface area contributed by atoms with Crippen molar-refractivity contribution in [2.75, 3.05) is 44.3 Å². The molecule has 5 nitrogen and oxygen atoms in total. The molecule has 0 aliphatic carbocycles. The van der Waals surface area contributed by atoms with E-state index >= 15 is 0 Å². The number of fused-ring (bicyclic) bond motifs is 2. The minimum atomic E-state index is -0.299. The van der Waals surface area contributed by atoms with Crippen LogP contribution in [0.1, 0.15) is 39.9 Å². The van der Waals surface area contributed by atoms with Crippen LogP contribution in [-0.2, 0) is 21.6 Å². The van der Waals surface area contributed by atoms with Crippen LogP contribution in [0.3, 0.4) is 0 Å². The molecule has 7 heteroatoms. The summed E-state index contributed by atoms with van der Waals surface area (Å²) in [7, 11) is 0. The zero-order chi connectivity index (χ0) is 17.4. The van der Waals surface area contributed by atoms with Crippen molar-refractivity contribution in [2.45, 2.75) is 31.8 Å². The van der Waals surface area contributed by atoms with Crippen molar-refractivity contribution in [1.82, 2.24) is 9.80 Å². The molecule has 25 heavy (non-hydrogen) atoms. The predicted octanol–water partition coefficient (Wildman–Crippen LogP) is 2.35. The smallest absolute Gasteiger partial charge is 0.263 e. The Morgan fingerprint density at radius 1 is 1.12 bits per heavy atom. The van der Waals surface area contributed by atoms with E-state index in [0.717, 1.165) is 61.8 Å². The molecule has 3 aliphatic rings. The van der Waals surface area contributed by atoms with Crippen molar-refractivity contribution in [2.24, 2.45) is 0 Å². The fraction of sp³-hybridized carbons (Fsp3) is 0.667. The zero-order valence-corrected chi connectivity index (χ0v) is 16.2. The van der Waals surface area contributed by atoms with Crippen LogP contribution in [0.4, 0.5) is 0 Å². The molecular formula is C18H24N2O3S2. The fourth-order valence-corrected chi connectivity index (χ4v) is 6.14. The van der Waals surface area contributed by atoms with E-state index in [-0.39, 0.29) is 17.4 Å². The topological polar surface area (TPSA) is 49.9 Å². The second-order valence-corrected chi connectivity index (χ2v) is 9.31. The molecule has 0 unspecified atom stereocenters. The molecule has 0 bridgehead atoms. The third-order valence-corrected chi connectivity index (χ3v) is 7.66. The Labute approximate surface area is 156 Å². The number of carbonyl (C=O) groups excluding carboxylic acids is 2. The Balaban J connectivity index is 1.57. The number of thioether (sulfide) groups is 1. The molecule has 0 atom stereocenters. The third-order valence-electron chi connectivity index (χ3n) is 5.53. The van der Waals surface area contributed by atoms with Gasteiger partial charge in [0.2, 0.25) is 5.91 Å². The highest BCUT2D eigenvalue weighted by molar-refractivity contribution is 7.99. The molecule has 1 spiro atoms. The first kappa shape index (κ1) is 17.4. The van der Waals surface area contributed by atoms with E-state index in [1.807, 2.05) is 21.6 Å². The van der Waals surface area contributed by atoms with Crippen molar-refractivity contribution in [3.63, 3.8) is 0 Å². The molecule has 0 N–H and O–H groups in total. The summed E-state index contributed by atoms with van der Waals surface area (Å²) in [5, 5.41) is 0. The molecule has 1 aromatic rings. The van der Waals surface area contributed by atoms with Gasteiger partial charge in [0.1, 0.15) is 0 Å². The van der Waals surface area contributed by atoms with Gasteiger partial charge in [-0.05, 0) is 24.5 Å². The summed E-state index contributed by atoms with van der Waals surface area (Å²) in [6, 6.07) is 2.09. The van der Waals surface area contributed by atoms with E-state index in [2.05, 4.69) is 6.07 Å². The lowest BCUT2D eigenvalue weighted by Crippen LogP contribution is -2.47. The average molecular weight is 381 g/mol. The number of hydrogen-bond acceptors (Lipinski definition) is 5. The molecule has 1 aromatic heterocycles. The summed E-state index contributed by atoms with van der Waals surface area (Å²) in [6.45, 7) is 5.50. The van der Waals surface area contributed by atoms with Crippen molar-refractivity contribution >= 4 is 34.9 Å². The van der Waals surface area contributed by atoms with Gasteiger partial charge in [0.05, 0.1) is 17.1 Å². The highest BCUT2D eigenvalue weighted by atomic mass is 32.2. The highest BCUT2D eigenvalue weighted by Gasteiger charge is 2.43. The third kappa shape index (κ3) is 3.22. The standard InChI is InChI=1S/C18H24N2O3S2/c1-13(21)19-5-3-18(4-6-19)14-12-16(25-15(14)2-9-23-18)17(22)20-7-10-24-11-8-20/h12H,2-11H2,1H3. The lowest BCUT2D eigenvalue weighted by atomic mass is 9.82. The summed E-state index contributed by atoms with van der Waals surface area (Å²) < 4.78 is 6.24. The molecule has 2 fully saturated rings. The molecular weight excluding hydrogens is 356 g/mol. The number of ether oxygens (including phenoxy) is 1. The average Bonchev–Trinajstić information content (AvgIpc) is 3.08. The summed E-state index contributed by atoms with van der Waals surface area (Å²) in [6.07, 6.45) is 2.54. The monoisotopic (exact) mass is 380 g/mol. The highest BCUT2D eigenvalue weighted by Crippen LogP contribution is 2.44. The number of hydrogen-bond donors (Lipinski definition) is 0. The SMILES string of the molecule is CC(=O)N1CCC2(CC1)OCCc1sc(C(=O)N3CCSCC3)cc12. The van der Waals surface area contributed by atoms with E-state index in [4.69, 9.17) is 4.74 Å². The largest absolute Gasteiger partial charge is 0.370 e. The maximum Gasteiger partial charge on any atom is 0.263 e. The van der Waals surface area contributed by atoms with E-state index in [0.29, 0.717) is 6.61 Å². The van der Waals surface area contributed by atoms with Crippen molar-refractivity contribution in [3.8, 4) is 0 Å². The Hall–Kier alpha value is -1.05. The number of piperidine rings is 1. The lowest BCUT2D eigenvalue weighted by molar-refractivity contribution is -0.138. The minimum Gasteiger partial charge on any atom is -0.370 e. The van der Waals surface area contributed by atoms with Gasteiger partial charge in [-0.2, -0.15) is 11.8 Å². The van der Waals surface area contributed by atoms with Gasteiger partial charge in [-0.3, -0.25) is 9.59 Å². The predicted molar refractivity (Wildman–Crippen MR) is 100 cm³/mol. The number of likely N-dealkylation sites (tertiary alicyclic amines) is 1. The van der Waals surface area contributed by atoms with Gasteiger partial charge >= 0.3 is 0 Å². The van der Waals surface area contributed by atoms with Gasteiger partial charge in [0, 0.05) is 55.9 Å². The van der Waals surface area contributed by atoms with Crippen molar-refractivity contribution in [1.29, 1.82) is 0 Å². The molecule has 3 aliphatic heterocycles. The Kier molecular flexibility index (Phi) is 4.81. The molecule has 2 saturated heterocycles. The van der Waals surface area contributed by atoms with Gasteiger partial charge < -0.3 is 14.5 Å². The molecule has 4 heterocycles. The van der Waals surface area contributed by atoms with Crippen LogP contribution >= 0.6 is 23.1 Å². The van der Waals surface area contributed by atoms with Crippen LogP contribution in [-0.4, -0.2) is 65.9 Å². The van der Waals surface area contributed by atoms with Gasteiger partial charge in [-0.1, -0.05) is 0 Å². The lowest BCUT2D eigenvalue weighted by Gasteiger charge is -2.43. The van der Waals surface area contributed by atoms with Crippen molar-refractivity contribution < 1.29 is 14.3 Å².